The van der Waals surface area contributed by atoms with E-state index in [1.54, 1.807) is 41.7 Å². The maximum absolute atomic E-state index is 13.1. The molecular weight excluding hydrogens is 720 g/mol. The van der Waals surface area contributed by atoms with Crippen LogP contribution >= 0.6 is 0 Å². The van der Waals surface area contributed by atoms with Crippen molar-refractivity contribution in [2.24, 2.45) is 16.6 Å². The molecule has 19 nitrogen and oxygen atoms in total. The number of nitrogens with zero attached hydrogens (tertiary/aromatic N) is 6. The third-order valence-electron chi connectivity index (χ3n) is 10.2. The Morgan fingerprint density at radius 3 is 1.80 bits per heavy atom. The zero-order chi connectivity index (χ0) is 40.1. The molecule has 2 aromatic heterocycles. The molecule has 5 aliphatic rings. The lowest BCUT2D eigenvalue weighted by molar-refractivity contribution is -0.117. The normalized spacial score (nSPS) is 19.6. The number of nitrogens with two attached hydrogens (primary N) is 1. The summed E-state index contributed by atoms with van der Waals surface area (Å²) in [6.07, 6.45) is -0.918. The molecule has 2 aromatic rings. The number of rotatable bonds is 5. The maximum atomic E-state index is 13.1. The molecule has 19 heteroatoms. The van der Waals surface area contributed by atoms with E-state index < -0.39 is 29.4 Å². The van der Waals surface area contributed by atoms with Crippen molar-refractivity contribution in [3.05, 3.63) is 43.7 Å². The summed E-state index contributed by atoms with van der Waals surface area (Å²) in [4.78, 5) is 79.3. The van der Waals surface area contributed by atoms with Crippen LogP contribution in [0.1, 0.15) is 80.8 Å². The summed E-state index contributed by atoms with van der Waals surface area (Å²) in [5.74, 6) is -0.859. The number of amides is 3. The second-order valence-corrected chi connectivity index (χ2v) is 17.0. The third kappa shape index (κ3) is 8.05. The number of hydrogen-bond donors (Lipinski definition) is 2. The van der Waals surface area contributed by atoms with Gasteiger partial charge >= 0.3 is 29.5 Å². The molecular formula is C36H54N8O11. The van der Waals surface area contributed by atoms with Crippen molar-refractivity contribution in [2.45, 2.75) is 98.9 Å². The van der Waals surface area contributed by atoms with E-state index in [-0.39, 0.29) is 66.6 Å². The lowest BCUT2D eigenvalue weighted by Gasteiger charge is -2.40. The van der Waals surface area contributed by atoms with Gasteiger partial charge in [0.25, 0.3) is 5.91 Å². The molecule has 0 aliphatic carbocycles. The fourth-order valence-corrected chi connectivity index (χ4v) is 7.29. The van der Waals surface area contributed by atoms with Crippen molar-refractivity contribution in [2.75, 3.05) is 59.2 Å². The van der Waals surface area contributed by atoms with Crippen LogP contribution in [0.25, 0.3) is 0 Å². The van der Waals surface area contributed by atoms with Crippen LogP contribution in [0.5, 0.6) is 0 Å². The quantitative estimate of drug-likeness (QED) is 0.318. The van der Waals surface area contributed by atoms with Crippen LogP contribution in [0.3, 0.4) is 0 Å². The fourth-order valence-electron chi connectivity index (χ4n) is 7.29. The van der Waals surface area contributed by atoms with Crippen LogP contribution < -0.4 is 22.4 Å². The Balaban J connectivity index is 0.000000188. The third-order valence-corrected chi connectivity index (χ3v) is 10.2. The summed E-state index contributed by atoms with van der Waals surface area (Å²) < 4.78 is 32.8. The number of aromatic nitrogens is 4. The van der Waals surface area contributed by atoms with Gasteiger partial charge < -0.3 is 44.5 Å². The molecule has 0 aromatic carbocycles. The Labute approximate surface area is 318 Å². The molecule has 2 saturated heterocycles. The maximum Gasteiger partial charge on any atom is 0.410 e. The molecule has 0 saturated carbocycles. The van der Waals surface area contributed by atoms with Gasteiger partial charge in [-0.2, -0.15) is 0 Å². The summed E-state index contributed by atoms with van der Waals surface area (Å²) in [7, 11) is 0. The summed E-state index contributed by atoms with van der Waals surface area (Å²) in [6, 6.07) is 0. The van der Waals surface area contributed by atoms with E-state index in [2.05, 4.69) is 5.32 Å². The van der Waals surface area contributed by atoms with Crippen molar-refractivity contribution in [1.82, 2.24) is 33.4 Å². The standard InChI is InChI=1S/C19H30N4O6.C17H24N4O5/c1-5-28-15(24)14-13-8-21(17(26)29-18(2,3)4)6-7-22(13)16(25)23(14)10-19(9-20)11-27-12-19;1-16(2,3)26-15(24)19-4-5-20-11(6-19)12-13(22)18-7-17(9-25-10-17)8-21(12)14(20)23/h5-12,20H2,1-4H3;4-10H2,1-3H3,(H,18,22). The van der Waals surface area contributed by atoms with Crippen LogP contribution in [-0.2, 0) is 63.0 Å². The summed E-state index contributed by atoms with van der Waals surface area (Å²) in [5.41, 5.74) is 5.14. The first-order valence-electron chi connectivity index (χ1n) is 18.7. The van der Waals surface area contributed by atoms with Gasteiger partial charge in [0.2, 0.25) is 0 Å². The highest BCUT2D eigenvalue weighted by atomic mass is 16.6. The van der Waals surface area contributed by atoms with Crippen molar-refractivity contribution in [1.29, 1.82) is 0 Å². The largest absolute Gasteiger partial charge is 0.461 e. The molecule has 0 radical (unpaired) electrons. The van der Waals surface area contributed by atoms with Crippen LogP contribution in [0.2, 0.25) is 0 Å². The molecule has 2 fully saturated rings. The predicted molar refractivity (Wildman–Crippen MR) is 195 cm³/mol. The van der Waals surface area contributed by atoms with E-state index in [0.717, 1.165) is 0 Å². The van der Waals surface area contributed by atoms with Gasteiger partial charge in [0, 0.05) is 57.8 Å². The second kappa shape index (κ2) is 14.8. The van der Waals surface area contributed by atoms with E-state index in [0.29, 0.717) is 82.8 Å². The highest BCUT2D eigenvalue weighted by Crippen LogP contribution is 2.33. The van der Waals surface area contributed by atoms with Gasteiger partial charge in [-0.25, -0.2) is 24.0 Å². The minimum absolute atomic E-state index is 0.0947. The predicted octanol–water partition coefficient (Wildman–Crippen LogP) is 0.713. The average molecular weight is 775 g/mol. The minimum Gasteiger partial charge on any atom is -0.461 e. The van der Waals surface area contributed by atoms with Crippen LogP contribution in [0, 0.1) is 10.8 Å². The number of carbonyl (C=O) groups excluding carboxylic acids is 4. The van der Waals surface area contributed by atoms with Crippen LogP contribution in [0.4, 0.5) is 9.59 Å². The highest BCUT2D eigenvalue weighted by Gasteiger charge is 2.45. The second-order valence-electron chi connectivity index (χ2n) is 17.0. The van der Waals surface area contributed by atoms with E-state index in [1.807, 2.05) is 20.8 Å². The van der Waals surface area contributed by atoms with E-state index in [9.17, 15) is 28.8 Å². The monoisotopic (exact) mass is 774 g/mol. The number of ether oxygens (including phenoxy) is 5. The van der Waals surface area contributed by atoms with Crippen molar-refractivity contribution >= 4 is 24.1 Å². The first kappa shape index (κ1) is 40.1. The van der Waals surface area contributed by atoms with E-state index in [4.69, 9.17) is 29.4 Å². The smallest absolute Gasteiger partial charge is 0.410 e. The minimum atomic E-state index is -0.637. The van der Waals surface area contributed by atoms with E-state index >= 15 is 0 Å². The Morgan fingerprint density at radius 1 is 0.782 bits per heavy atom. The van der Waals surface area contributed by atoms with Gasteiger partial charge in [0.1, 0.15) is 16.9 Å². The Bertz CT molecular complexity index is 1950. The average Bonchev–Trinajstić information content (AvgIpc) is 3.43. The Hall–Kier alpha value is -4.62. The van der Waals surface area contributed by atoms with Crippen molar-refractivity contribution in [3.63, 3.8) is 0 Å². The molecule has 3 N–H and O–H groups in total. The molecule has 1 spiro atoms. The number of fused-ring (bicyclic) bond motifs is 4. The first-order chi connectivity index (χ1) is 25.8. The van der Waals surface area contributed by atoms with Crippen molar-refractivity contribution in [3.8, 4) is 0 Å². The molecule has 0 unspecified atom stereocenters. The van der Waals surface area contributed by atoms with Gasteiger partial charge in [-0.1, -0.05) is 0 Å². The molecule has 304 valence electrons. The molecule has 0 bridgehead atoms. The number of hydrogen-bond acceptors (Lipinski definition) is 12. The summed E-state index contributed by atoms with van der Waals surface area (Å²) in [5, 5.41) is 2.91. The SMILES string of the molecule is CC(C)(C)OC(=O)N1CCn2c(c3n(c2=O)CC2(CNC3=O)COC2)C1.CCOC(=O)c1c2n(c(=O)n1CC1(CN)COC1)CCN(C(=O)OC(C)(C)C)C2. The van der Waals surface area contributed by atoms with Gasteiger partial charge in [-0.15, -0.1) is 0 Å². The lowest BCUT2D eigenvalue weighted by atomic mass is 9.86. The topological polar surface area (TPSA) is 213 Å². The molecule has 3 amide bonds. The van der Waals surface area contributed by atoms with Crippen LogP contribution in [-0.4, -0.2) is 123 Å². The first-order valence-corrected chi connectivity index (χ1v) is 18.7. The molecule has 7 rings (SSSR count). The molecule has 5 aliphatic heterocycles. The zero-order valence-corrected chi connectivity index (χ0v) is 32.9. The number of esters is 1. The number of imidazole rings is 2. The number of carbonyl (C=O) groups is 4. The summed E-state index contributed by atoms with van der Waals surface area (Å²) in [6.45, 7) is 17.8. The molecule has 55 heavy (non-hydrogen) atoms. The fraction of sp³-hybridized carbons (Fsp3) is 0.722. The van der Waals surface area contributed by atoms with Gasteiger partial charge in [-0.05, 0) is 48.5 Å². The zero-order valence-electron chi connectivity index (χ0n) is 32.9. The number of nitrogens with one attached hydrogen (secondary N) is 1. The van der Waals surface area contributed by atoms with Gasteiger partial charge in [0.15, 0.2) is 5.69 Å². The van der Waals surface area contributed by atoms with Crippen molar-refractivity contribution < 1.29 is 42.9 Å². The highest BCUT2D eigenvalue weighted by molar-refractivity contribution is 5.94. The van der Waals surface area contributed by atoms with Gasteiger partial charge in [0.05, 0.1) is 62.9 Å². The van der Waals surface area contributed by atoms with Gasteiger partial charge in [-0.3, -0.25) is 23.1 Å². The lowest BCUT2D eigenvalue weighted by Crippen LogP contribution is -2.52. The summed E-state index contributed by atoms with van der Waals surface area (Å²) >= 11 is 0. The molecule has 0 atom stereocenters. The molecule has 7 heterocycles. The Morgan fingerprint density at radius 2 is 1.33 bits per heavy atom. The van der Waals surface area contributed by atoms with Crippen LogP contribution in [0.15, 0.2) is 9.59 Å². The van der Waals surface area contributed by atoms with E-state index in [1.165, 1.54) is 14.0 Å². The Kier molecular flexibility index (Phi) is 10.8.